The van der Waals surface area contributed by atoms with E-state index < -0.39 is 0 Å². The Morgan fingerprint density at radius 1 is 1.36 bits per heavy atom. The number of hydrogen-bond donors (Lipinski definition) is 0. The number of carbonyl (C=O) groups is 1. The van der Waals surface area contributed by atoms with E-state index in [1.807, 2.05) is 17.0 Å². The van der Waals surface area contributed by atoms with Crippen molar-refractivity contribution in [3.63, 3.8) is 0 Å². The van der Waals surface area contributed by atoms with Crippen LogP contribution < -0.4 is 4.74 Å². The maximum atomic E-state index is 12.3. The number of carbonyl (C=O) groups excluding carboxylic acids is 1. The molecule has 1 fully saturated rings. The van der Waals surface area contributed by atoms with Gasteiger partial charge in [-0.1, -0.05) is 38.5 Å². The number of likely N-dealkylation sites (tertiary alicyclic amines) is 1. The maximum absolute atomic E-state index is 12.3. The predicted molar refractivity (Wildman–Crippen MR) is 87.4 cm³/mol. The molecule has 122 valence electrons. The molecule has 22 heavy (non-hydrogen) atoms. The Balaban J connectivity index is 2.01. The highest BCUT2D eigenvalue weighted by atomic mass is 16.5. The number of hydrogen-bond acceptors (Lipinski definition) is 3. The van der Waals surface area contributed by atoms with Gasteiger partial charge in [-0.2, -0.15) is 0 Å². The summed E-state index contributed by atoms with van der Waals surface area (Å²) in [6, 6.07) is 6.12. The van der Waals surface area contributed by atoms with Gasteiger partial charge >= 0.3 is 0 Å². The minimum absolute atomic E-state index is 0.0147. The molecule has 1 amide bonds. The molecule has 1 unspecified atom stereocenters. The third-order valence-corrected chi connectivity index (χ3v) is 4.13. The van der Waals surface area contributed by atoms with Crippen LogP contribution in [0.25, 0.3) is 0 Å². The number of rotatable bonds is 4. The first-order chi connectivity index (χ1) is 10.3. The zero-order valence-electron chi connectivity index (χ0n) is 14.3. The smallest absolute Gasteiger partial charge is 0.260 e. The van der Waals surface area contributed by atoms with Crippen molar-refractivity contribution in [3.8, 4) is 5.75 Å². The van der Waals surface area contributed by atoms with E-state index >= 15 is 0 Å². The van der Waals surface area contributed by atoms with E-state index in [0.717, 1.165) is 24.3 Å². The van der Waals surface area contributed by atoms with Gasteiger partial charge in [0.2, 0.25) is 0 Å². The van der Waals surface area contributed by atoms with Crippen molar-refractivity contribution in [2.24, 2.45) is 0 Å². The first kappa shape index (κ1) is 16.8. The lowest BCUT2D eigenvalue weighted by Gasteiger charge is -2.24. The Morgan fingerprint density at radius 3 is 2.68 bits per heavy atom. The van der Waals surface area contributed by atoms with Crippen molar-refractivity contribution >= 4 is 5.91 Å². The molecule has 0 radical (unpaired) electrons. The number of aryl methyl sites for hydroxylation is 1. The molecule has 1 aromatic rings. The number of amides is 1. The molecule has 1 heterocycles. The molecule has 1 aliphatic rings. The highest BCUT2D eigenvalue weighted by Crippen LogP contribution is 2.32. The highest BCUT2D eigenvalue weighted by Gasteiger charge is 2.26. The molecule has 1 aromatic carbocycles. The van der Waals surface area contributed by atoms with Gasteiger partial charge in [-0.3, -0.25) is 4.79 Å². The van der Waals surface area contributed by atoms with E-state index in [0.29, 0.717) is 6.54 Å². The molecule has 0 aliphatic carbocycles. The van der Waals surface area contributed by atoms with Crippen LogP contribution in [0, 0.1) is 6.92 Å². The zero-order chi connectivity index (χ0) is 16.3. The summed E-state index contributed by atoms with van der Waals surface area (Å²) in [6.45, 7) is 10.0. The van der Waals surface area contributed by atoms with E-state index in [4.69, 9.17) is 9.47 Å². The van der Waals surface area contributed by atoms with Crippen molar-refractivity contribution in [1.29, 1.82) is 0 Å². The molecule has 0 spiro atoms. The fraction of sp³-hybridized carbons (Fsp3) is 0.611. The Morgan fingerprint density at radius 2 is 2.09 bits per heavy atom. The number of methoxy groups -OCH3 is 1. The van der Waals surface area contributed by atoms with Crippen molar-refractivity contribution in [1.82, 2.24) is 4.90 Å². The van der Waals surface area contributed by atoms with Gasteiger partial charge in [-0.15, -0.1) is 0 Å². The number of benzene rings is 1. The average molecular weight is 305 g/mol. The largest absolute Gasteiger partial charge is 0.483 e. The molecule has 0 bridgehead atoms. The molecule has 1 atom stereocenters. The summed E-state index contributed by atoms with van der Waals surface area (Å²) in [5.41, 5.74) is 2.32. The Labute approximate surface area is 133 Å². The topological polar surface area (TPSA) is 38.8 Å². The number of nitrogens with zero attached hydrogens (tertiary/aromatic N) is 1. The van der Waals surface area contributed by atoms with Crippen LogP contribution in [0.5, 0.6) is 5.75 Å². The summed E-state index contributed by atoms with van der Waals surface area (Å²) in [7, 11) is 1.69. The lowest BCUT2D eigenvalue weighted by atomic mass is 9.85. The fourth-order valence-corrected chi connectivity index (χ4v) is 2.73. The van der Waals surface area contributed by atoms with Crippen LogP contribution in [0.4, 0.5) is 0 Å². The molecule has 0 N–H and O–H groups in total. The SMILES string of the molecule is COC1CCN(C(=O)COc2ccc(C)cc2C(C)(C)C)C1. The van der Waals surface area contributed by atoms with Gasteiger partial charge in [0.15, 0.2) is 6.61 Å². The van der Waals surface area contributed by atoms with E-state index in [-0.39, 0.29) is 24.0 Å². The van der Waals surface area contributed by atoms with Crippen LogP contribution in [0.1, 0.15) is 38.3 Å². The summed E-state index contributed by atoms with van der Waals surface area (Å²) < 4.78 is 11.1. The van der Waals surface area contributed by atoms with Gasteiger partial charge < -0.3 is 14.4 Å². The Bertz CT molecular complexity index is 534. The highest BCUT2D eigenvalue weighted by molar-refractivity contribution is 5.78. The van der Waals surface area contributed by atoms with Crippen molar-refractivity contribution in [2.45, 2.75) is 45.6 Å². The summed E-state index contributed by atoms with van der Waals surface area (Å²) in [5, 5.41) is 0. The third-order valence-electron chi connectivity index (χ3n) is 4.13. The van der Waals surface area contributed by atoms with Crippen molar-refractivity contribution in [2.75, 3.05) is 26.8 Å². The van der Waals surface area contributed by atoms with Crippen molar-refractivity contribution in [3.05, 3.63) is 29.3 Å². The molecule has 2 rings (SSSR count). The molecule has 4 heteroatoms. The molecule has 0 saturated carbocycles. The van der Waals surface area contributed by atoms with Gasteiger partial charge in [-0.25, -0.2) is 0 Å². The maximum Gasteiger partial charge on any atom is 0.260 e. The molecule has 0 aromatic heterocycles. The molecular formula is C18H27NO3. The van der Waals surface area contributed by atoms with Gasteiger partial charge in [-0.05, 0) is 30.4 Å². The Kier molecular flexibility index (Phi) is 5.12. The second-order valence-corrected chi connectivity index (χ2v) is 7.02. The van der Waals surface area contributed by atoms with Crippen molar-refractivity contribution < 1.29 is 14.3 Å². The van der Waals surface area contributed by atoms with Crippen LogP contribution in [-0.4, -0.2) is 43.7 Å². The lowest BCUT2D eigenvalue weighted by molar-refractivity contribution is -0.132. The standard InChI is InChI=1S/C18H27NO3/c1-13-6-7-16(15(10-13)18(2,3)4)22-12-17(20)19-9-8-14(11-19)21-5/h6-7,10,14H,8-9,11-12H2,1-5H3. The van der Waals surface area contributed by atoms with Gasteiger partial charge in [0.25, 0.3) is 5.91 Å². The average Bonchev–Trinajstić information content (AvgIpc) is 2.93. The summed E-state index contributed by atoms with van der Waals surface area (Å²) in [5.74, 6) is 0.828. The summed E-state index contributed by atoms with van der Waals surface area (Å²) in [6.07, 6.45) is 1.06. The lowest BCUT2D eigenvalue weighted by Crippen LogP contribution is -2.34. The van der Waals surface area contributed by atoms with E-state index in [9.17, 15) is 4.79 Å². The monoisotopic (exact) mass is 305 g/mol. The van der Waals surface area contributed by atoms with Crippen LogP contribution in [-0.2, 0) is 14.9 Å². The van der Waals surface area contributed by atoms with Gasteiger partial charge in [0, 0.05) is 20.2 Å². The summed E-state index contributed by atoms with van der Waals surface area (Å²) in [4.78, 5) is 14.1. The second kappa shape index (κ2) is 6.69. The predicted octanol–water partition coefficient (Wildman–Crippen LogP) is 2.92. The fourth-order valence-electron chi connectivity index (χ4n) is 2.73. The van der Waals surface area contributed by atoms with Crippen LogP contribution in [0.15, 0.2) is 18.2 Å². The van der Waals surface area contributed by atoms with E-state index in [2.05, 4.69) is 33.8 Å². The van der Waals surface area contributed by atoms with Crippen LogP contribution >= 0.6 is 0 Å². The second-order valence-electron chi connectivity index (χ2n) is 7.02. The minimum atomic E-state index is -0.0147. The molecular weight excluding hydrogens is 278 g/mol. The quantitative estimate of drug-likeness (QED) is 0.858. The van der Waals surface area contributed by atoms with Crippen LogP contribution in [0.2, 0.25) is 0 Å². The Hall–Kier alpha value is -1.55. The molecule has 4 nitrogen and oxygen atoms in total. The van der Waals surface area contributed by atoms with Gasteiger partial charge in [0.05, 0.1) is 6.10 Å². The first-order valence-electron chi connectivity index (χ1n) is 7.86. The first-order valence-corrected chi connectivity index (χ1v) is 7.86. The van der Waals surface area contributed by atoms with Crippen LogP contribution in [0.3, 0.4) is 0 Å². The zero-order valence-corrected chi connectivity index (χ0v) is 14.3. The molecule has 1 aliphatic heterocycles. The summed E-state index contributed by atoms with van der Waals surface area (Å²) >= 11 is 0. The normalized spacial score (nSPS) is 18.6. The minimum Gasteiger partial charge on any atom is -0.483 e. The van der Waals surface area contributed by atoms with E-state index in [1.54, 1.807) is 7.11 Å². The van der Waals surface area contributed by atoms with E-state index in [1.165, 1.54) is 5.56 Å². The number of ether oxygens (including phenoxy) is 2. The van der Waals surface area contributed by atoms with Gasteiger partial charge in [0.1, 0.15) is 5.75 Å². The third kappa shape index (κ3) is 4.01. The molecule has 1 saturated heterocycles.